The van der Waals surface area contributed by atoms with Gasteiger partial charge in [0, 0.05) is 13.8 Å². The Morgan fingerprint density at radius 3 is 1.23 bits per heavy atom. The Kier molecular flexibility index (Phi) is 23.7. The number of nitrogens with zero attached hydrogens (tertiary/aromatic N) is 2. The number of carbonyl (C=O) groups excluding carboxylic acids is 2. The number of amides is 2. The molecule has 52 heavy (non-hydrogen) atoms. The molecule has 2 atom stereocenters. The minimum atomic E-state index is -4.75. The monoisotopic (exact) mass is 806 g/mol. The molecule has 2 amide bonds. The molecule has 0 saturated carbocycles. The Morgan fingerprint density at radius 1 is 0.577 bits per heavy atom. The number of ether oxygens (including phenoxy) is 2. The third kappa shape index (κ3) is 18.0. The first-order valence-electron chi connectivity index (χ1n) is 15.3. The molecule has 14 nitrogen and oxygen atoms in total. The summed E-state index contributed by atoms with van der Waals surface area (Å²) < 4.78 is 43.7. The maximum Gasteiger partial charge on any atom is 1.00 e. The Balaban J connectivity index is 0.000000501. The average molecular weight is 807 g/mol. The second kappa shape index (κ2) is 25.1. The van der Waals surface area contributed by atoms with Gasteiger partial charge in [0.25, 0.3) is 15.5 Å². The number of hydroxylamine groups is 2. The molecule has 0 aliphatic heterocycles. The van der Waals surface area contributed by atoms with E-state index in [0.717, 1.165) is 36.5 Å². The van der Waals surface area contributed by atoms with E-state index in [2.05, 4.69) is 9.05 Å². The smallest absolute Gasteiger partial charge is 0.760 e. The van der Waals surface area contributed by atoms with E-state index < -0.39 is 27.3 Å². The summed E-state index contributed by atoms with van der Waals surface area (Å²) in [6, 6.07) is 33.6. The quantitative estimate of drug-likeness (QED) is 0.0517. The Labute approximate surface area is 388 Å². The molecule has 0 aliphatic carbocycles. The first kappa shape index (κ1) is 48.9. The SMILES string of the molecule is CC(=O)N(O)P(=O)([O-])OCCCc1cccc(Oc2ccccc2)c1.CC(=O)N(O)P(=O)([O-])OCCCc1cccc(Oc2ccccc2)c1.[K+].[K+]. The first-order chi connectivity index (χ1) is 23.8. The van der Waals surface area contributed by atoms with Crippen LogP contribution in [0.5, 0.6) is 23.0 Å². The van der Waals surface area contributed by atoms with Crippen molar-refractivity contribution in [1.29, 1.82) is 0 Å². The van der Waals surface area contributed by atoms with Gasteiger partial charge in [0.15, 0.2) is 0 Å². The van der Waals surface area contributed by atoms with Crippen molar-refractivity contribution in [1.82, 2.24) is 9.67 Å². The van der Waals surface area contributed by atoms with Gasteiger partial charge in [0.1, 0.15) is 23.0 Å². The third-order valence-electron chi connectivity index (χ3n) is 6.51. The Morgan fingerprint density at radius 2 is 0.904 bits per heavy atom. The summed E-state index contributed by atoms with van der Waals surface area (Å²) in [7, 11) is -9.50. The Hall–Kier alpha value is -1.09. The van der Waals surface area contributed by atoms with Crippen LogP contribution in [-0.4, -0.2) is 45.1 Å². The zero-order valence-electron chi connectivity index (χ0n) is 29.4. The van der Waals surface area contributed by atoms with Crippen LogP contribution in [0.15, 0.2) is 109 Å². The number of benzene rings is 4. The van der Waals surface area contributed by atoms with E-state index in [9.17, 15) is 28.5 Å². The van der Waals surface area contributed by atoms with Crippen LogP contribution in [0.2, 0.25) is 0 Å². The van der Waals surface area contributed by atoms with Crippen LogP contribution in [0.1, 0.15) is 37.8 Å². The molecule has 0 saturated heterocycles. The standard InChI is InChI=1S/2C17H20NO6P.2K/c2*1-14(19)18(20)25(21,22)23-12-6-8-15-7-5-11-17(13-15)24-16-9-3-2-4-10-16;;/h2*2-5,7,9-11,13,20H,6,8,12H2,1H3,(H,21,22);;/q;;2*+1/p-2. The predicted octanol–water partition coefficient (Wildman–Crippen LogP) is 0.276. The zero-order chi connectivity index (χ0) is 36.6. The van der Waals surface area contributed by atoms with Crippen molar-refractivity contribution in [2.24, 2.45) is 0 Å². The van der Waals surface area contributed by atoms with Gasteiger partial charge in [-0.1, -0.05) is 60.7 Å². The van der Waals surface area contributed by atoms with Gasteiger partial charge in [-0.05, 0) is 85.3 Å². The Bertz CT molecular complexity index is 1640. The summed E-state index contributed by atoms with van der Waals surface area (Å²) >= 11 is 0. The second-order valence-electron chi connectivity index (χ2n) is 10.6. The molecule has 0 spiro atoms. The van der Waals surface area contributed by atoms with Crippen molar-refractivity contribution in [2.75, 3.05) is 13.2 Å². The molecule has 4 aromatic carbocycles. The molecular weight excluding hydrogens is 769 g/mol. The van der Waals surface area contributed by atoms with Gasteiger partial charge in [0.2, 0.25) is 11.8 Å². The molecule has 0 bridgehead atoms. The number of hydrogen-bond acceptors (Lipinski definition) is 12. The molecule has 0 aliphatic rings. The average Bonchev–Trinajstić information content (AvgIpc) is 3.09. The fourth-order valence-electron chi connectivity index (χ4n) is 4.14. The van der Waals surface area contributed by atoms with Crippen LogP contribution >= 0.6 is 15.5 Å². The van der Waals surface area contributed by atoms with Gasteiger partial charge in [-0.15, -0.1) is 0 Å². The summed E-state index contributed by atoms with van der Waals surface area (Å²) in [5, 5.41) is 18.2. The summed E-state index contributed by atoms with van der Waals surface area (Å²) in [6.45, 7) is 1.56. The van der Waals surface area contributed by atoms with Gasteiger partial charge in [-0.25, -0.2) is 0 Å². The molecule has 0 radical (unpaired) electrons. The summed E-state index contributed by atoms with van der Waals surface area (Å²) in [5.41, 5.74) is 1.90. The topological polar surface area (TPSA) is 198 Å². The van der Waals surface area contributed by atoms with Gasteiger partial charge < -0.3 is 28.3 Å². The van der Waals surface area contributed by atoms with Gasteiger partial charge in [0.05, 0.1) is 13.2 Å². The third-order valence-corrected chi connectivity index (χ3v) is 9.02. The molecule has 268 valence electrons. The first-order valence-corrected chi connectivity index (χ1v) is 18.3. The zero-order valence-corrected chi connectivity index (χ0v) is 37.4. The molecular formula is C34H38K2N2O12P2. The van der Waals surface area contributed by atoms with Crippen LogP contribution in [-0.2, 0) is 40.6 Å². The number of aryl methyl sites for hydroxylation is 2. The van der Waals surface area contributed by atoms with Crippen molar-refractivity contribution in [3.63, 3.8) is 0 Å². The second-order valence-corrected chi connectivity index (χ2v) is 13.7. The van der Waals surface area contributed by atoms with Crippen LogP contribution in [0.4, 0.5) is 0 Å². The maximum atomic E-state index is 11.5. The van der Waals surface area contributed by atoms with Gasteiger partial charge >= 0.3 is 103 Å². The normalized spacial score (nSPS) is 12.6. The van der Waals surface area contributed by atoms with Crippen molar-refractivity contribution in [3.8, 4) is 23.0 Å². The molecule has 0 fully saturated rings. The van der Waals surface area contributed by atoms with Crippen molar-refractivity contribution in [3.05, 3.63) is 120 Å². The number of hydrogen-bond donors (Lipinski definition) is 2. The summed E-state index contributed by atoms with van der Waals surface area (Å²) in [4.78, 5) is 43.9. The van der Waals surface area contributed by atoms with Crippen LogP contribution in [0, 0.1) is 0 Å². The molecule has 18 heteroatoms. The van der Waals surface area contributed by atoms with Crippen molar-refractivity contribution >= 4 is 27.3 Å². The molecule has 0 heterocycles. The predicted molar refractivity (Wildman–Crippen MR) is 178 cm³/mol. The van der Waals surface area contributed by atoms with Crippen molar-refractivity contribution in [2.45, 2.75) is 39.5 Å². The number of para-hydroxylation sites is 2. The van der Waals surface area contributed by atoms with Gasteiger partial charge in [-0.3, -0.25) is 29.1 Å². The minimum absolute atomic E-state index is 0. The van der Waals surface area contributed by atoms with Crippen LogP contribution in [0.3, 0.4) is 0 Å². The van der Waals surface area contributed by atoms with E-state index >= 15 is 0 Å². The van der Waals surface area contributed by atoms with E-state index in [-0.39, 0.29) is 126 Å². The van der Waals surface area contributed by atoms with Crippen LogP contribution < -0.4 is 122 Å². The molecule has 2 unspecified atom stereocenters. The minimum Gasteiger partial charge on any atom is -0.760 e. The van der Waals surface area contributed by atoms with E-state index in [4.69, 9.17) is 19.9 Å². The fourth-order valence-corrected chi connectivity index (χ4v) is 5.77. The van der Waals surface area contributed by atoms with E-state index in [1.807, 2.05) is 109 Å². The largest absolute Gasteiger partial charge is 1.00 e. The van der Waals surface area contributed by atoms with Gasteiger partial charge in [-0.2, -0.15) is 9.67 Å². The number of carbonyl (C=O) groups is 2. The molecule has 4 rings (SSSR count). The van der Waals surface area contributed by atoms with E-state index in [1.165, 1.54) is 0 Å². The van der Waals surface area contributed by atoms with Crippen LogP contribution in [0.25, 0.3) is 0 Å². The maximum absolute atomic E-state index is 11.5. The van der Waals surface area contributed by atoms with E-state index in [0.29, 0.717) is 37.2 Å². The van der Waals surface area contributed by atoms with E-state index in [1.54, 1.807) is 0 Å². The fraction of sp³-hybridized carbons (Fsp3) is 0.235. The molecule has 2 N–H and O–H groups in total. The number of rotatable bonds is 16. The van der Waals surface area contributed by atoms with Crippen molar-refractivity contribution < 1.29 is 160 Å². The molecule has 4 aromatic rings. The summed E-state index contributed by atoms with van der Waals surface area (Å²) in [6.07, 6.45) is 1.90. The summed E-state index contributed by atoms with van der Waals surface area (Å²) in [5.74, 6) is 0.757. The molecule has 0 aromatic heterocycles.